The fourth-order valence-corrected chi connectivity index (χ4v) is 5.29. The van der Waals surface area contributed by atoms with Crippen LogP contribution in [0.25, 0.3) is 0 Å². The second-order valence-corrected chi connectivity index (χ2v) is 10.0. The predicted molar refractivity (Wildman–Crippen MR) is 118 cm³/mol. The highest BCUT2D eigenvalue weighted by atomic mass is 16.2. The molecule has 1 saturated carbocycles. The van der Waals surface area contributed by atoms with Crippen molar-refractivity contribution in [1.82, 2.24) is 4.90 Å². The first kappa shape index (κ1) is 22.1. The maximum atomic E-state index is 13.0. The van der Waals surface area contributed by atoms with Crippen molar-refractivity contribution in [2.24, 2.45) is 29.6 Å². The quantitative estimate of drug-likeness (QED) is 0.439. The lowest BCUT2D eigenvalue weighted by Crippen LogP contribution is -2.30. The molecular formula is C26H39NO2. The van der Waals surface area contributed by atoms with Gasteiger partial charge in [0.25, 0.3) is 0 Å². The van der Waals surface area contributed by atoms with E-state index in [2.05, 4.69) is 20.8 Å². The monoisotopic (exact) mass is 397 g/mol. The number of likely N-dealkylation sites (tertiary alicyclic amines) is 1. The third-order valence-electron chi connectivity index (χ3n) is 7.10. The van der Waals surface area contributed by atoms with Crippen molar-refractivity contribution in [2.45, 2.75) is 85.1 Å². The molecule has 0 bridgehead atoms. The number of imide groups is 1. The van der Waals surface area contributed by atoms with Gasteiger partial charge in [0.1, 0.15) is 0 Å². The molecular weight excluding hydrogens is 358 g/mol. The summed E-state index contributed by atoms with van der Waals surface area (Å²) in [7, 11) is 0. The fourth-order valence-electron chi connectivity index (χ4n) is 5.29. The second kappa shape index (κ2) is 10.4. The van der Waals surface area contributed by atoms with Gasteiger partial charge >= 0.3 is 0 Å². The van der Waals surface area contributed by atoms with Gasteiger partial charge in [0.05, 0.1) is 18.4 Å². The molecule has 1 heterocycles. The topological polar surface area (TPSA) is 37.4 Å². The van der Waals surface area contributed by atoms with Gasteiger partial charge in [0, 0.05) is 0 Å². The summed E-state index contributed by atoms with van der Waals surface area (Å²) in [6.07, 6.45) is 10.7. The number of benzene rings is 1. The maximum Gasteiger partial charge on any atom is 0.233 e. The Morgan fingerprint density at radius 2 is 1.59 bits per heavy atom. The van der Waals surface area contributed by atoms with Crippen LogP contribution < -0.4 is 0 Å². The highest BCUT2D eigenvalue weighted by molar-refractivity contribution is 6.05. The lowest BCUT2D eigenvalue weighted by Gasteiger charge is -2.29. The summed E-state index contributed by atoms with van der Waals surface area (Å²) in [6.45, 7) is 7.43. The summed E-state index contributed by atoms with van der Waals surface area (Å²) in [4.78, 5) is 27.3. The van der Waals surface area contributed by atoms with Crippen LogP contribution in [0.2, 0.25) is 0 Å². The highest BCUT2D eigenvalue weighted by Gasteiger charge is 2.49. The lowest BCUT2D eigenvalue weighted by molar-refractivity contribution is -0.140. The lowest BCUT2D eigenvalue weighted by atomic mass is 9.73. The molecule has 1 aromatic carbocycles. The highest BCUT2D eigenvalue weighted by Crippen LogP contribution is 2.42. The van der Waals surface area contributed by atoms with Gasteiger partial charge in [-0.15, -0.1) is 0 Å². The first-order chi connectivity index (χ1) is 14.0. The number of amides is 2. The summed E-state index contributed by atoms with van der Waals surface area (Å²) in [6, 6.07) is 9.88. The van der Waals surface area contributed by atoms with Crippen molar-refractivity contribution in [3.8, 4) is 0 Å². The molecule has 1 saturated heterocycles. The molecule has 2 aliphatic rings. The number of hydrogen-bond donors (Lipinski definition) is 0. The second-order valence-electron chi connectivity index (χ2n) is 10.0. The smallest absolute Gasteiger partial charge is 0.233 e. The molecule has 3 rings (SSSR count). The van der Waals surface area contributed by atoms with Crippen LogP contribution in [0.5, 0.6) is 0 Å². The summed E-state index contributed by atoms with van der Waals surface area (Å²) in [5.41, 5.74) is 1.04. The van der Waals surface area contributed by atoms with Crippen molar-refractivity contribution < 1.29 is 9.59 Å². The summed E-state index contributed by atoms with van der Waals surface area (Å²) in [5.74, 6) is 2.27. The van der Waals surface area contributed by atoms with E-state index in [9.17, 15) is 9.59 Å². The van der Waals surface area contributed by atoms with Crippen molar-refractivity contribution in [1.29, 1.82) is 0 Å². The number of carbonyl (C=O) groups excluding carboxylic acids is 2. The third kappa shape index (κ3) is 5.93. The van der Waals surface area contributed by atoms with Crippen molar-refractivity contribution in [3.63, 3.8) is 0 Å². The van der Waals surface area contributed by atoms with Crippen molar-refractivity contribution in [2.75, 3.05) is 0 Å². The van der Waals surface area contributed by atoms with Crippen LogP contribution in [0.1, 0.15) is 84.1 Å². The van der Waals surface area contributed by atoms with Crippen LogP contribution in [0.15, 0.2) is 30.3 Å². The summed E-state index contributed by atoms with van der Waals surface area (Å²) in [5, 5.41) is 0. The molecule has 2 fully saturated rings. The zero-order chi connectivity index (χ0) is 20.8. The van der Waals surface area contributed by atoms with Gasteiger partial charge < -0.3 is 0 Å². The molecule has 4 unspecified atom stereocenters. The van der Waals surface area contributed by atoms with Crippen LogP contribution in [-0.4, -0.2) is 16.7 Å². The Hall–Kier alpha value is -1.64. The van der Waals surface area contributed by atoms with E-state index in [-0.39, 0.29) is 23.7 Å². The van der Waals surface area contributed by atoms with E-state index in [4.69, 9.17) is 0 Å². The van der Waals surface area contributed by atoms with Crippen LogP contribution in [0.3, 0.4) is 0 Å². The number of hydrogen-bond acceptors (Lipinski definition) is 2. The predicted octanol–water partition coefficient (Wildman–Crippen LogP) is 6.22. The van der Waals surface area contributed by atoms with Crippen LogP contribution in [-0.2, 0) is 16.1 Å². The molecule has 0 spiro atoms. The molecule has 2 amide bonds. The fraction of sp³-hybridized carbons (Fsp3) is 0.692. The first-order valence-corrected chi connectivity index (χ1v) is 11.8. The Labute approximate surface area is 177 Å². The van der Waals surface area contributed by atoms with E-state index in [1.54, 1.807) is 0 Å². The largest absolute Gasteiger partial charge is 0.278 e. The third-order valence-corrected chi connectivity index (χ3v) is 7.10. The average Bonchev–Trinajstić information content (AvgIpc) is 2.93. The van der Waals surface area contributed by atoms with Crippen LogP contribution in [0.4, 0.5) is 0 Å². The average molecular weight is 398 g/mol. The Morgan fingerprint density at radius 3 is 2.31 bits per heavy atom. The SMILES string of the molecule is CC(C)CCCC(C)CCCC1CCC2C(=O)N(Cc3ccccc3)C(=O)C2C1. The first-order valence-electron chi connectivity index (χ1n) is 11.8. The molecule has 3 nitrogen and oxygen atoms in total. The van der Waals surface area contributed by atoms with Gasteiger partial charge in [-0.2, -0.15) is 0 Å². The van der Waals surface area contributed by atoms with Gasteiger partial charge in [-0.3, -0.25) is 14.5 Å². The van der Waals surface area contributed by atoms with Gasteiger partial charge in [-0.05, 0) is 42.6 Å². The Morgan fingerprint density at radius 1 is 0.897 bits per heavy atom. The Balaban J connectivity index is 1.44. The normalized spacial score (nSPS) is 25.5. The van der Waals surface area contributed by atoms with E-state index in [0.717, 1.165) is 36.7 Å². The minimum absolute atomic E-state index is 0.0579. The van der Waals surface area contributed by atoms with E-state index >= 15 is 0 Å². The zero-order valence-corrected chi connectivity index (χ0v) is 18.6. The van der Waals surface area contributed by atoms with Gasteiger partial charge in [0.15, 0.2) is 0 Å². The van der Waals surface area contributed by atoms with Gasteiger partial charge in [-0.25, -0.2) is 0 Å². The molecule has 1 aliphatic carbocycles. The van der Waals surface area contributed by atoms with Gasteiger partial charge in [-0.1, -0.05) is 89.6 Å². The molecule has 1 aliphatic heterocycles. The zero-order valence-electron chi connectivity index (χ0n) is 18.6. The molecule has 0 aromatic heterocycles. The summed E-state index contributed by atoms with van der Waals surface area (Å²) >= 11 is 0. The number of fused-ring (bicyclic) bond motifs is 1. The van der Waals surface area contributed by atoms with Crippen LogP contribution >= 0.6 is 0 Å². The molecule has 0 N–H and O–H groups in total. The van der Waals surface area contributed by atoms with Crippen molar-refractivity contribution in [3.05, 3.63) is 35.9 Å². The van der Waals surface area contributed by atoms with E-state index in [1.165, 1.54) is 43.4 Å². The number of nitrogens with zero attached hydrogens (tertiary/aromatic N) is 1. The van der Waals surface area contributed by atoms with E-state index in [0.29, 0.717) is 12.5 Å². The molecule has 0 radical (unpaired) electrons. The Bertz CT molecular complexity index is 669. The number of rotatable bonds is 10. The van der Waals surface area contributed by atoms with Crippen molar-refractivity contribution >= 4 is 11.8 Å². The standard InChI is InChI=1S/C26H39NO2/c1-19(2)9-7-10-20(3)11-8-14-21-15-16-23-24(17-21)26(29)27(25(23)28)18-22-12-5-4-6-13-22/h4-6,12-13,19-21,23-24H,7-11,14-18H2,1-3H3. The minimum atomic E-state index is -0.0616. The molecule has 29 heavy (non-hydrogen) atoms. The molecule has 160 valence electrons. The maximum absolute atomic E-state index is 13.0. The number of carbonyl (C=O) groups is 2. The Kier molecular flexibility index (Phi) is 7.91. The minimum Gasteiger partial charge on any atom is -0.278 e. The molecule has 3 heteroatoms. The van der Waals surface area contributed by atoms with E-state index in [1.807, 2.05) is 30.3 Å². The van der Waals surface area contributed by atoms with Crippen LogP contribution in [0, 0.1) is 29.6 Å². The summed E-state index contributed by atoms with van der Waals surface area (Å²) < 4.78 is 0. The van der Waals surface area contributed by atoms with E-state index < -0.39 is 0 Å². The molecule has 4 atom stereocenters. The van der Waals surface area contributed by atoms with Gasteiger partial charge in [0.2, 0.25) is 11.8 Å². The molecule has 1 aromatic rings.